The first-order valence-electron chi connectivity index (χ1n) is 16.7. The number of aliphatic hydroxyl groups is 3. The zero-order valence-corrected chi connectivity index (χ0v) is 35.8. The van der Waals surface area contributed by atoms with Gasteiger partial charge in [-0.15, -0.1) is 0 Å². The summed E-state index contributed by atoms with van der Waals surface area (Å²) in [7, 11) is 0.564. The molecule has 6 atom stereocenters. The molecule has 0 heterocycles. The summed E-state index contributed by atoms with van der Waals surface area (Å²) >= 11 is 0. The average Bonchev–Trinajstić information content (AvgIpc) is 3.05. The third-order valence-electron chi connectivity index (χ3n) is 7.58. The summed E-state index contributed by atoms with van der Waals surface area (Å²) in [6.07, 6.45) is 0.705. The number of nitrogens with one attached hydrogen (secondary N) is 3. The number of benzene rings is 3. The van der Waals surface area contributed by atoms with E-state index in [1.165, 1.54) is 14.7 Å². The summed E-state index contributed by atoms with van der Waals surface area (Å²) in [4.78, 5) is 3.78. The maximum Gasteiger partial charge on any atom is 0.130 e. The quantitative estimate of drug-likeness (QED) is 0.132. The van der Waals surface area contributed by atoms with Crippen molar-refractivity contribution >= 4 is 30.4 Å². The van der Waals surface area contributed by atoms with Crippen LogP contribution < -0.4 is 14.7 Å². The topological polar surface area (TPSA) is 246 Å². The maximum absolute atomic E-state index is 9.94. The van der Waals surface area contributed by atoms with Crippen LogP contribution in [0.3, 0.4) is 0 Å². The zero-order valence-electron chi connectivity index (χ0n) is 33.4. The highest BCUT2D eigenvalue weighted by Crippen LogP contribution is 2.15. The smallest absolute Gasteiger partial charge is 0.130 e. The molecule has 3 rings (SSSR count). The first kappa shape index (κ1) is 55.5. The van der Waals surface area contributed by atoms with E-state index < -0.39 is 30.4 Å². The van der Waals surface area contributed by atoms with Crippen LogP contribution in [0.4, 0.5) is 0 Å². The Labute approximate surface area is 324 Å². The molecule has 0 spiro atoms. The van der Waals surface area contributed by atoms with Crippen LogP contribution in [-0.2, 0) is 30.4 Å². The molecule has 0 unspecified atom stereocenters. The lowest BCUT2D eigenvalue weighted by Crippen LogP contribution is -3.10. The molecule has 0 bridgehead atoms. The molecule has 15 nitrogen and oxygen atoms in total. The molecule has 0 radical (unpaired) electrons. The van der Waals surface area contributed by atoms with E-state index in [1.807, 2.05) is 112 Å². The molecule has 3 aromatic rings. The molecule has 0 aliphatic rings. The van der Waals surface area contributed by atoms with E-state index in [2.05, 4.69) is 42.3 Å². The van der Waals surface area contributed by atoms with Gasteiger partial charge in [-0.05, 0) is 37.5 Å². The van der Waals surface area contributed by atoms with Gasteiger partial charge in [0, 0.05) is 18.8 Å². The summed E-state index contributed by atoms with van der Waals surface area (Å²) in [5.41, 5.74) is 2.99. The van der Waals surface area contributed by atoms with E-state index >= 15 is 0 Å². The molecule has 3 aromatic carbocycles. The number of quaternary nitrogens is 3. The molecule has 18 heteroatoms. The van der Waals surface area contributed by atoms with Gasteiger partial charge in [-0.25, -0.2) is 25.3 Å². The third kappa shape index (κ3) is 34.9. The van der Waals surface area contributed by atoms with E-state index in [0.29, 0.717) is 18.8 Å². The largest absolute Gasteiger partial charge is 0.748 e. The van der Waals surface area contributed by atoms with Crippen LogP contribution in [0.1, 0.15) is 55.8 Å². The second kappa shape index (κ2) is 27.7. The highest BCUT2D eigenvalue weighted by atomic mass is 32.2. The first-order valence-corrected chi connectivity index (χ1v) is 22.1. The van der Waals surface area contributed by atoms with Gasteiger partial charge < -0.3 is 43.7 Å². The van der Waals surface area contributed by atoms with Crippen molar-refractivity contribution in [3.05, 3.63) is 108 Å². The number of hydrogen-bond donors (Lipinski definition) is 6. The van der Waals surface area contributed by atoms with E-state index in [1.54, 1.807) is 0 Å². The number of likely N-dealkylation sites (N-methyl/N-ethyl adjacent to an activating group) is 3. The molecular formula is C36H63N3O12S3. The summed E-state index contributed by atoms with van der Waals surface area (Å²) < 4.78 is 81.7. The van der Waals surface area contributed by atoms with Crippen molar-refractivity contribution in [2.75, 3.05) is 61.1 Å². The van der Waals surface area contributed by atoms with Gasteiger partial charge >= 0.3 is 0 Å². The van der Waals surface area contributed by atoms with Gasteiger partial charge in [0.15, 0.2) is 0 Å². The van der Waals surface area contributed by atoms with Gasteiger partial charge in [-0.1, -0.05) is 91.0 Å². The van der Waals surface area contributed by atoms with Crippen molar-refractivity contribution in [1.29, 1.82) is 0 Å². The van der Waals surface area contributed by atoms with Crippen LogP contribution in [0.2, 0.25) is 0 Å². The van der Waals surface area contributed by atoms with Crippen LogP contribution in [0.25, 0.3) is 0 Å². The van der Waals surface area contributed by atoms with Crippen molar-refractivity contribution in [2.45, 2.75) is 57.2 Å². The lowest BCUT2D eigenvalue weighted by atomic mass is 10.0. The minimum absolute atomic E-state index is 0.224. The first-order chi connectivity index (χ1) is 24.4. The second-order valence-electron chi connectivity index (χ2n) is 13.3. The van der Waals surface area contributed by atoms with Crippen molar-refractivity contribution in [1.82, 2.24) is 0 Å². The zero-order chi connectivity index (χ0) is 43.0. The Hall–Kier alpha value is -2.85. The van der Waals surface area contributed by atoms with Gasteiger partial charge in [0.05, 0.1) is 72.6 Å². The van der Waals surface area contributed by atoms with Gasteiger partial charge in [0.2, 0.25) is 0 Å². The molecule has 0 saturated carbocycles. The van der Waals surface area contributed by atoms with E-state index in [4.69, 9.17) is 38.9 Å². The fourth-order valence-corrected chi connectivity index (χ4v) is 3.76. The second-order valence-corrected chi connectivity index (χ2v) is 17.5. The fourth-order valence-electron chi connectivity index (χ4n) is 3.76. The van der Waals surface area contributed by atoms with Gasteiger partial charge in [-0.3, -0.25) is 0 Å². The standard InChI is InChI=1S/3C11H17NO.3CH4O3S/c3*1-9(12(2)3)11(13)10-7-5-4-6-8-10;3*1-5(2,3)4/h3*4-9,11,13H,1-3H3;3*1H3,(H,2,3,4)/t3*9-,11-;;;/m000.../s1. The van der Waals surface area contributed by atoms with Gasteiger partial charge in [-0.2, -0.15) is 0 Å². The maximum atomic E-state index is 9.94. The van der Waals surface area contributed by atoms with Crippen molar-refractivity contribution in [3.63, 3.8) is 0 Å². The Morgan fingerprint density at radius 3 is 0.648 bits per heavy atom. The Kier molecular flexibility index (Phi) is 28.4. The summed E-state index contributed by atoms with van der Waals surface area (Å²) in [6.45, 7) is 6.15. The molecule has 6 N–H and O–H groups in total. The van der Waals surface area contributed by atoms with Crippen LogP contribution in [0, 0.1) is 0 Å². The number of rotatable bonds is 9. The minimum Gasteiger partial charge on any atom is -0.748 e. The van der Waals surface area contributed by atoms with Crippen molar-refractivity contribution in [3.8, 4) is 0 Å². The predicted molar refractivity (Wildman–Crippen MR) is 208 cm³/mol. The molecule has 0 amide bonds. The molecular weight excluding hydrogens is 763 g/mol. The lowest BCUT2D eigenvalue weighted by molar-refractivity contribution is -0.888. The molecule has 0 saturated heterocycles. The Morgan fingerprint density at radius 2 is 0.537 bits per heavy atom. The van der Waals surface area contributed by atoms with Crippen LogP contribution in [0.15, 0.2) is 91.0 Å². The van der Waals surface area contributed by atoms with E-state index in [0.717, 1.165) is 16.7 Å². The summed E-state index contributed by atoms with van der Waals surface area (Å²) in [5.74, 6) is 0. The van der Waals surface area contributed by atoms with Crippen LogP contribution in [-0.4, -0.2) is 133 Å². The Balaban J connectivity index is -0.000000610. The predicted octanol–water partition coefficient (Wildman–Crippen LogP) is -1.76. The molecule has 54 heavy (non-hydrogen) atoms. The third-order valence-corrected chi connectivity index (χ3v) is 7.58. The van der Waals surface area contributed by atoms with Crippen molar-refractivity contribution < 1.29 is 68.9 Å². The van der Waals surface area contributed by atoms with E-state index in [-0.39, 0.29) is 36.4 Å². The molecule has 0 aromatic heterocycles. The molecule has 312 valence electrons. The minimum atomic E-state index is -3.92. The SMILES string of the molecule is CS(=O)(=O)[O-].CS(=O)(=O)[O-].CS(=O)(=O)[O-].C[C@@H]([C@H](O)c1ccccc1)[NH+](C)C.C[C@@H]([C@H](O)c1ccccc1)[NH+](C)C.C[C@@H]([C@H](O)c1ccccc1)[NH+](C)C. The van der Waals surface area contributed by atoms with Crippen LogP contribution in [0.5, 0.6) is 0 Å². The summed E-state index contributed by atoms with van der Waals surface area (Å²) in [6, 6.07) is 30.1. The number of hydrogen-bond acceptors (Lipinski definition) is 12. The Bertz CT molecular complexity index is 1470. The Morgan fingerprint density at radius 1 is 0.407 bits per heavy atom. The van der Waals surface area contributed by atoms with Gasteiger partial charge in [0.25, 0.3) is 0 Å². The van der Waals surface area contributed by atoms with Crippen LogP contribution >= 0.6 is 0 Å². The lowest BCUT2D eigenvalue weighted by Gasteiger charge is -2.22. The normalized spacial score (nSPS) is 14.6. The molecule has 0 aliphatic carbocycles. The fraction of sp³-hybridized carbons (Fsp3) is 0.500. The molecule has 0 aliphatic heterocycles. The highest BCUT2D eigenvalue weighted by molar-refractivity contribution is 7.85. The van der Waals surface area contributed by atoms with Crippen molar-refractivity contribution in [2.24, 2.45) is 0 Å². The highest BCUT2D eigenvalue weighted by Gasteiger charge is 2.22. The van der Waals surface area contributed by atoms with E-state index in [9.17, 15) is 15.3 Å². The number of aliphatic hydroxyl groups excluding tert-OH is 3. The monoisotopic (exact) mass is 825 g/mol. The molecule has 0 fully saturated rings. The summed E-state index contributed by atoms with van der Waals surface area (Å²) in [5, 5.41) is 29.8. The average molecular weight is 826 g/mol. The van der Waals surface area contributed by atoms with Gasteiger partial charge in [0.1, 0.15) is 36.4 Å².